The molecule has 0 aliphatic carbocycles. The van der Waals surface area contributed by atoms with Crippen molar-refractivity contribution in [2.45, 2.75) is 5.16 Å². The van der Waals surface area contributed by atoms with E-state index in [0.29, 0.717) is 21.6 Å². The minimum atomic E-state index is -0.226. The molecule has 9 nitrogen and oxygen atoms in total. The summed E-state index contributed by atoms with van der Waals surface area (Å²) in [5, 5.41) is 15.7. The molecule has 0 fully saturated rings. The van der Waals surface area contributed by atoms with Crippen molar-refractivity contribution in [2.24, 2.45) is 5.10 Å². The van der Waals surface area contributed by atoms with Crippen molar-refractivity contribution in [3.8, 4) is 5.75 Å². The molecule has 11 heteroatoms. The molecule has 29 heavy (non-hydrogen) atoms. The third-order valence-electron chi connectivity index (χ3n) is 3.60. The van der Waals surface area contributed by atoms with Crippen molar-refractivity contribution in [1.29, 1.82) is 0 Å². The van der Waals surface area contributed by atoms with Crippen LogP contribution in [0, 0.1) is 0 Å². The van der Waals surface area contributed by atoms with Crippen LogP contribution in [0.4, 0.5) is 11.6 Å². The lowest BCUT2D eigenvalue weighted by Crippen LogP contribution is -2.17. The highest BCUT2D eigenvalue weighted by Gasteiger charge is 2.13. The number of anilines is 2. The molecule has 0 saturated heterocycles. The van der Waals surface area contributed by atoms with E-state index in [9.17, 15) is 4.79 Å². The zero-order valence-corrected chi connectivity index (χ0v) is 16.9. The van der Waals surface area contributed by atoms with Crippen molar-refractivity contribution < 1.29 is 9.53 Å². The maximum Gasteiger partial charge on any atom is 0.264 e. The summed E-state index contributed by atoms with van der Waals surface area (Å²) in [5.74, 6) is 6.64. The Morgan fingerprint density at radius 2 is 2.14 bits per heavy atom. The Bertz CT molecular complexity index is 1020. The molecule has 0 aliphatic heterocycles. The van der Waals surface area contributed by atoms with E-state index in [2.05, 4.69) is 26.0 Å². The van der Waals surface area contributed by atoms with Crippen LogP contribution in [0.15, 0.2) is 58.8 Å². The van der Waals surface area contributed by atoms with Gasteiger partial charge in [-0.05, 0) is 29.8 Å². The monoisotopic (exact) mass is 431 g/mol. The molecule has 0 spiro atoms. The van der Waals surface area contributed by atoms with Crippen LogP contribution < -0.4 is 21.3 Å². The number of rotatable bonds is 8. The van der Waals surface area contributed by atoms with E-state index < -0.39 is 0 Å². The van der Waals surface area contributed by atoms with Crippen LogP contribution in [-0.2, 0) is 4.79 Å². The summed E-state index contributed by atoms with van der Waals surface area (Å²) in [6, 6.07) is 14.4. The number of nitrogen functional groups attached to an aromatic ring is 1. The number of nitrogens with one attached hydrogen (secondary N) is 2. The number of carbonyl (C=O) groups is 1. The van der Waals surface area contributed by atoms with Gasteiger partial charge in [0.15, 0.2) is 0 Å². The summed E-state index contributed by atoms with van der Waals surface area (Å²) in [6.07, 6.45) is 1.58. The summed E-state index contributed by atoms with van der Waals surface area (Å²) >= 11 is 7.07. The molecule has 0 aliphatic rings. The zero-order valence-electron chi connectivity index (χ0n) is 15.4. The Labute approximate surface area is 176 Å². The lowest BCUT2D eigenvalue weighted by Gasteiger charge is -2.09. The summed E-state index contributed by atoms with van der Waals surface area (Å²) in [6.45, 7) is 0. The molecule has 1 amide bonds. The first-order valence-corrected chi connectivity index (χ1v) is 9.74. The van der Waals surface area contributed by atoms with Crippen molar-refractivity contribution >= 4 is 47.1 Å². The SMILES string of the molecule is COc1ccccc1NC(=O)CSc1nnc(N/N=C/c2cccc(Cl)c2)n1N. The van der Waals surface area contributed by atoms with E-state index in [4.69, 9.17) is 22.2 Å². The predicted octanol–water partition coefficient (Wildman–Crippen LogP) is 2.83. The number of nitrogens with zero attached hydrogens (tertiary/aromatic N) is 4. The Kier molecular flexibility index (Phi) is 6.93. The van der Waals surface area contributed by atoms with Crippen molar-refractivity contribution in [2.75, 3.05) is 29.4 Å². The molecular weight excluding hydrogens is 414 g/mol. The van der Waals surface area contributed by atoms with Crippen LogP contribution in [0.25, 0.3) is 0 Å². The van der Waals surface area contributed by atoms with Gasteiger partial charge in [-0.2, -0.15) is 5.10 Å². The summed E-state index contributed by atoms with van der Waals surface area (Å²) in [5.41, 5.74) is 4.11. The second-order valence-electron chi connectivity index (χ2n) is 5.64. The number of hydrogen-bond acceptors (Lipinski definition) is 8. The Morgan fingerprint density at radius 1 is 1.31 bits per heavy atom. The van der Waals surface area contributed by atoms with Gasteiger partial charge in [0, 0.05) is 5.02 Å². The van der Waals surface area contributed by atoms with Gasteiger partial charge in [0.2, 0.25) is 11.1 Å². The molecule has 1 aromatic heterocycles. The van der Waals surface area contributed by atoms with Gasteiger partial charge in [0.05, 0.1) is 24.8 Å². The third kappa shape index (κ3) is 5.62. The fourth-order valence-electron chi connectivity index (χ4n) is 2.27. The number of carbonyl (C=O) groups excluding carboxylic acids is 1. The minimum Gasteiger partial charge on any atom is -0.495 e. The quantitative estimate of drug-likeness (QED) is 0.217. The molecule has 2 aromatic carbocycles. The number of para-hydroxylation sites is 2. The van der Waals surface area contributed by atoms with Crippen LogP contribution in [0.3, 0.4) is 0 Å². The number of hydrogen-bond donors (Lipinski definition) is 3. The zero-order chi connectivity index (χ0) is 20.6. The minimum absolute atomic E-state index is 0.0964. The number of benzene rings is 2. The number of thioether (sulfide) groups is 1. The molecule has 0 atom stereocenters. The first-order chi connectivity index (χ1) is 14.1. The molecule has 3 rings (SSSR count). The first-order valence-electron chi connectivity index (χ1n) is 8.37. The van der Waals surface area contributed by atoms with Gasteiger partial charge in [-0.3, -0.25) is 4.79 Å². The van der Waals surface area contributed by atoms with E-state index in [1.807, 2.05) is 24.3 Å². The maximum atomic E-state index is 12.2. The topological polar surface area (TPSA) is 119 Å². The number of nitrogens with two attached hydrogens (primary N) is 1. The van der Waals surface area contributed by atoms with Gasteiger partial charge < -0.3 is 15.9 Å². The van der Waals surface area contributed by atoms with E-state index in [0.717, 1.165) is 17.3 Å². The molecule has 0 unspecified atom stereocenters. The van der Waals surface area contributed by atoms with Gasteiger partial charge in [0.1, 0.15) is 5.75 Å². The van der Waals surface area contributed by atoms with Crippen molar-refractivity contribution in [3.05, 3.63) is 59.1 Å². The number of methoxy groups -OCH3 is 1. The highest BCUT2D eigenvalue weighted by Crippen LogP contribution is 2.24. The molecule has 3 aromatic rings. The number of ether oxygens (including phenoxy) is 1. The third-order valence-corrected chi connectivity index (χ3v) is 4.78. The van der Waals surface area contributed by atoms with Crippen LogP contribution in [-0.4, -0.2) is 39.9 Å². The van der Waals surface area contributed by atoms with Gasteiger partial charge in [0.25, 0.3) is 5.95 Å². The second kappa shape index (κ2) is 9.80. The Morgan fingerprint density at radius 3 is 2.93 bits per heavy atom. The molecule has 4 N–H and O–H groups in total. The average Bonchev–Trinajstić information content (AvgIpc) is 3.06. The number of aromatic nitrogens is 3. The number of halogens is 1. The van der Waals surface area contributed by atoms with Gasteiger partial charge in [-0.15, -0.1) is 10.2 Å². The molecular formula is C18H18ClN7O2S. The Hall–Kier alpha value is -3.24. The summed E-state index contributed by atoms with van der Waals surface area (Å²) < 4.78 is 6.43. The Balaban J connectivity index is 1.54. The van der Waals surface area contributed by atoms with Gasteiger partial charge in [-0.25, -0.2) is 10.1 Å². The fraction of sp³-hybridized carbons (Fsp3) is 0.111. The lowest BCUT2D eigenvalue weighted by atomic mass is 10.2. The van der Waals surface area contributed by atoms with E-state index in [1.54, 1.807) is 37.6 Å². The van der Waals surface area contributed by atoms with Crippen LogP contribution in [0.1, 0.15) is 5.56 Å². The normalized spacial score (nSPS) is 10.8. The summed E-state index contributed by atoms with van der Waals surface area (Å²) in [4.78, 5) is 12.2. The number of amides is 1. The van der Waals surface area contributed by atoms with Crippen LogP contribution in [0.5, 0.6) is 5.75 Å². The molecule has 0 bridgehead atoms. The predicted molar refractivity (Wildman–Crippen MR) is 115 cm³/mol. The molecule has 150 valence electrons. The van der Waals surface area contributed by atoms with Gasteiger partial charge in [-0.1, -0.05) is 47.6 Å². The first kappa shape index (κ1) is 20.5. The average molecular weight is 432 g/mol. The van der Waals surface area contributed by atoms with E-state index in [1.165, 1.54) is 4.68 Å². The van der Waals surface area contributed by atoms with Crippen LogP contribution in [0.2, 0.25) is 5.02 Å². The lowest BCUT2D eigenvalue weighted by molar-refractivity contribution is -0.113. The standard InChI is InChI=1S/C18H18ClN7O2S/c1-28-15-8-3-2-7-14(15)22-16(27)11-29-18-25-24-17(26(18)20)23-21-10-12-5-4-6-13(19)9-12/h2-10H,11,20H2,1H3,(H,22,27)(H,23,24)/b21-10+. The highest BCUT2D eigenvalue weighted by atomic mass is 35.5. The second-order valence-corrected chi connectivity index (χ2v) is 7.02. The van der Waals surface area contributed by atoms with Crippen molar-refractivity contribution in [1.82, 2.24) is 14.9 Å². The van der Waals surface area contributed by atoms with Crippen LogP contribution >= 0.6 is 23.4 Å². The van der Waals surface area contributed by atoms with Crippen molar-refractivity contribution in [3.63, 3.8) is 0 Å². The summed E-state index contributed by atoms with van der Waals surface area (Å²) in [7, 11) is 1.54. The number of hydrazone groups is 1. The highest BCUT2D eigenvalue weighted by molar-refractivity contribution is 7.99. The molecule has 1 heterocycles. The van der Waals surface area contributed by atoms with Gasteiger partial charge >= 0.3 is 0 Å². The molecule has 0 radical (unpaired) electrons. The largest absolute Gasteiger partial charge is 0.495 e. The maximum absolute atomic E-state index is 12.2. The van der Waals surface area contributed by atoms with E-state index in [-0.39, 0.29) is 17.6 Å². The molecule has 0 saturated carbocycles. The smallest absolute Gasteiger partial charge is 0.264 e. The fourth-order valence-corrected chi connectivity index (χ4v) is 3.12. The van der Waals surface area contributed by atoms with E-state index >= 15 is 0 Å².